The fraction of sp³-hybridized carbons (Fsp3) is 0.818. The number of imide groups is 1. The molecule has 0 aromatic rings. The lowest BCUT2D eigenvalue weighted by Gasteiger charge is -2.37. The standard InChI is InChI=1S/C11H19N3O4S/c1-8-3-5-13(6-4-8)19(17,18)14-7-10(15)12-11(16)9(14)2/h8-9H,3-7H2,1-2H3,(H,12,15,16). The van der Waals surface area contributed by atoms with Gasteiger partial charge in [0.05, 0.1) is 6.54 Å². The lowest BCUT2D eigenvalue weighted by Crippen LogP contribution is -2.61. The average molecular weight is 289 g/mol. The van der Waals surface area contributed by atoms with E-state index in [0.717, 1.165) is 17.1 Å². The van der Waals surface area contributed by atoms with Gasteiger partial charge in [0.2, 0.25) is 11.8 Å². The summed E-state index contributed by atoms with van der Waals surface area (Å²) in [5.74, 6) is -0.627. The molecule has 2 aliphatic heterocycles. The molecule has 0 saturated carbocycles. The van der Waals surface area contributed by atoms with Crippen LogP contribution in [0.2, 0.25) is 0 Å². The van der Waals surface area contributed by atoms with Crippen molar-refractivity contribution in [3.63, 3.8) is 0 Å². The van der Waals surface area contributed by atoms with Gasteiger partial charge in [-0.15, -0.1) is 0 Å². The third-order valence-electron chi connectivity index (χ3n) is 3.74. The molecule has 2 saturated heterocycles. The molecule has 1 atom stereocenters. The van der Waals surface area contributed by atoms with Crippen molar-refractivity contribution in [2.24, 2.45) is 5.92 Å². The van der Waals surface area contributed by atoms with Gasteiger partial charge in [0, 0.05) is 13.1 Å². The molecule has 7 nitrogen and oxygen atoms in total. The first-order chi connectivity index (χ1) is 8.82. The average Bonchev–Trinajstić information content (AvgIpc) is 2.34. The largest absolute Gasteiger partial charge is 0.294 e. The van der Waals surface area contributed by atoms with Gasteiger partial charge in [-0.05, 0) is 25.7 Å². The minimum Gasteiger partial charge on any atom is -0.294 e. The second kappa shape index (κ2) is 5.18. The van der Waals surface area contributed by atoms with Gasteiger partial charge >= 0.3 is 0 Å². The Morgan fingerprint density at radius 3 is 2.32 bits per heavy atom. The number of carbonyl (C=O) groups excluding carboxylic acids is 2. The molecule has 2 heterocycles. The summed E-state index contributed by atoms with van der Waals surface area (Å²) in [7, 11) is -3.74. The molecule has 0 spiro atoms. The molecule has 8 heteroatoms. The topological polar surface area (TPSA) is 86.8 Å². The summed E-state index contributed by atoms with van der Waals surface area (Å²) in [5, 5.41) is 2.14. The number of piperidine rings is 1. The first kappa shape index (κ1) is 14.4. The lowest BCUT2D eigenvalue weighted by atomic mass is 10.0. The number of hydrogen-bond donors (Lipinski definition) is 1. The first-order valence-electron chi connectivity index (χ1n) is 6.43. The number of carbonyl (C=O) groups is 2. The minimum atomic E-state index is -3.74. The smallest absolute Gasteiger partial charge is 0.283 e. The maximum absolute atomic E-state index is 12.5. The van der Waals surface area contributed by atoms with Crippen molar-refractivity contribution in [1.29, 1.82) is 0 Å². The van der Waals surface area contributed by atoms with E-state index < -0.39 is 28.1 Å². The van der Waals surface area contributed by atoms with E-state index >= 15 is 0 Å². The third kappa shape index (κ3) is 2.80. The van der Waals surface area contributed by atoms with E-state index in [0.29, 0.717) is 19.0 Å². The van der Waals surface area contributed by atoms with Crippen molar-refractivity contribution >= 4 is 22.0 Å². The zero-order valence-corrected chi connectivity index (χ0v) is 11.9. The normalized spacial score (nSPS) is 28.4. The minimum absolute atomic E-state index is 0.290. The number of piperazine rings is 1. The van der Waals surface area contributed by atoms with E-state index in [1.54, 1.807) is 0 Å². The Kier molecular flexibility index (Phi) is 3.93. The molecule has 2 amide bonds. The van der Waals surface area contributed by atoms with Crippen LogP contribution in [0.3, 0.4) is 0 Å². The predicted molar refractivity (Wildman–Crippen MR) is 68.2 cm³/mol. The van der Waals surface area contributed by atoms with Crippen LogP contribution in [0, 0.1) is 5.92 Å². The van der Waals surface area contributed by atoms with Crippen molar-refractivity contribution in [1.82, 2.24) is 13.9 Å². The molecule has 0 bridgehead atoms. The molecule has 2 fully saturated rings. The van der Waals surface area contributed by atoms with Crippen LogP contribution in [0.1, 0.15) is 26.7 Å². The van der Waals surface area contributed by atoms with Gasteiger partial charge in [-0.3, -0.25) is 14.9 Å². The van der Waals surface area contributed by atoms with Crippen LogP contribution in [-0.2, 0) is 19.8 Å². The van der Waals surface area contributed by atoms with E-state index in [2.05, 4.69) is 12.2 Å². The molecule has 0 aliphatic carbocycles. The Morgan fingerprint density at radius 1 is 1.16 bits per heavy atom. The Balaban J connectivity index is 2.18. The first-order valence-corrected chi connectivity index (χ1v) is 7.82. The number of hydrogen-bond acceptors (Lipinski definition) is 4. The van der Waals surface area contributed by atoms with Gasteiger partial charge in [-0.25, -0.2) is 0 Å². The van der Waals surface area contributed by atoms with Crippen LogP contribution in [-0.4, -0.2) is 54.5 Å². The zero-order chi connectivity index (χ0) is 14.2. The summed E-state index contributed by atoms with van der Waals surface area (Å²) in [6.45, 7) is 4.18. The maximum atomic E-state index is 12.5. The highest BCUT2D eigenvalue weighted by molar-refractivity contribution is 7.86. The molecule has 2 rings (SSSR count). The van der Waals surface area contributed by atoms with Crippen molar-refractivity contribution in [3.8, 4) is 0 Å². The van der Waals surface area contributed by atoms with Gasteiger partial charge < -0.3 is 0 Å². The van der Waals surface area contributed by atoms with Crippen LogP contribution in [0.15, 0.2) is 0 Å². The highest BCUT2D eigenvalue weighted by Crippen LogP contribution is 2.22. The van der Waals surface area contributed by atoms with E-state index in [-0.39, 0.29) is 6.54 Å². The van der Waals surface area contributed by atoms with Crippen molar-refractivity contribution in [2.75, 3.05) is 19.6 Å². The van der Waals surface area contributed by atoms with Crippen LogP contribution in [0.25, 0.3) is 0 Å². The third-order valence-corrected chi connectivity index (χ3v) is 5.79. The van der Waals surface area contributed by atoms with Crippen molar-refractivity contribution in [2.45, 2.75) is 32.7 Å². The summed E-state index contributed by atoms with van der Waals surface area (Å²) in [6, 6.07) is -0.845. The van der Waals surface area contributed by atoms with Gasteiger partial charge in [0.1, 0.15) is 6.04 Å². The molecule has 0 aromatic carbocycles. The van der Waals surface area contributed by atoms with E-state index in [9.17, 15) is 18.0 Å². The summed E-state index contributed by atoms with van der Waals surface area (Å²) >= 11 is 0. The zero-order valence-electron chi connectivity index (χ0n) is 11.1. The number of nitrogens with one attached hydrogen (secondary N) is 1. The Hall–Kier alpha value is -0.990. The molecule has 19 heavy (non-hydrogen) atoms. The van der Waals surface area contributed by atoms with Crippen molar-refractivity contribution < 1.29 is 18.0 Å². The Labute approximate surface area is 113 Å². The van der Waals surface area contributed by atoms with Crippen LogP contribution >= 0.6 is 0 Å². The monoisotopic (exact) mass is 289 g/mol. The quantitative estimate of drug-likeness (QED) is 0.682. The second-order valence-electron chi connectivity index (χ2n) is 5.22. The second-order valence-corrected chi connectivity index (χ2v) is 7.10. The van der Waals surface area contributed by atoms with E-state index in [1.807, 2.05) is 0 Å². The van der Waals surface area contributed by atoms with E-state index in [4.69, 9.17) is 0 Å². The van der Waals surface area contributed by atoms with Crippen molar-refractivity contribution in [3.05, 3.63) is 0 Å². The fourth-order valence-corrected chi connectivity index (χ4v) is 4.08. The molecular formula is C11H19N3O4S. The van der Waals surface area contributed by atoms with Gasteiger partial charge in [0.25, 0.3) is 10.2 Å². The summed E-state index contributed by atoms with van der Waals surface area (Å²) in [6.07, 6.45) is 1.61. The van der Waals surface area contributed by atoms with Crippen LogP contribution < -0.4 is 5.32 Å². The van der Waals surface area contributed by atoms with Gasteiger partial charge in [-0.2, -0.15) is 17.0 Å². The lowest BCUT2D eigenvalue weighted by molar-refractivity contribution is -0.136. The van der Waals surface area contributed by atoms with Crippen LogP contribution in [0.4, 0.5) is 0 Å². The SMILES string of the molecule is CC1CCN(S(=O)(=O)N2CC(=O)NC(=O)C2C)CC1. The molecule has 0 radical (unpaired) electrons. The van der Waals surface area contributed by atoms with Crippen LogP contribution in [0.5, 0.6) is 0 Å². The Bertz CT molecular complexity index is 482. The molecule has 1 N–H and O–H groups in total. The highest BCUT2D eigenvalue weighted by Gasteiger charge is 2.41. The number of nitrogens with zero attached hydrogens (tertiary/aromatic N) is 2. The maximum Gasteiger partial charge on any atom is 0.283 e. The Morgan fingerprint density at radius 2 is 1.74 bits per heavy atom. The summed E-state index contributed by atoms with van der Waals surface area (Å²) < 4.78 is 27.3. The predicted octanol–water partition coefficient (Wildman–Crippen LogP) is -0.690. The molecule has 1 unspecified atom stereocenters. The van der Waals surface area contributed by atoms with Gasteiger partial charge in [-0.1, -0.05) is 6.92 Å². The number of amides is 2. The molecule has 108 valence electrons. The summed E-state index contributed by atoms with van der Waals surface area (Å²) in [5.41, 5.74) is 0. The molecular weight excluding hydrogens is 270 g/mol. The number of rotatable bonds is 2. The van der Waals surface area contributed by atoms with Gasteiger partial charge in [0.15, 0.2) is 0 Å². The molecule has 0 aromatic heterocycles. The molecule has 2 aliphatic rings. The fourth-order valence-electron chi connectivity index (χ4n) is 2.34. The summed E-state index contributed by atoms with van der Waals surface area (Å²) in [4.78, 5) is 22.9. The highest BCUT2D eigenvalue weighted by atomic mass is 32.2. The van der Waals surface area contributed by atoms with E-state index in [1.165, 1.54) is 11.2 Å².